The Kier molecular flexibility index (Phi) is 5.42. The predicted octanol–water partition coefficient (Wildman–Crippen LogP) is 1.12. The summed E-state index contributed by atoms with van der Waals surface area (Å²) in [4.78, 5) is 10.2. The van der Waals surface area contributed by atoms with Crippen molar-refractivity contribution in [2.24, 2.45) is 0 Å². The first-order valence-electron chi connectivity index (χ1n) is 6.75. The molecule has 1 aromatic carbocycles. The van der Waals surface area contributed by atoms with Crippen LogP contribution in [0.5, 0.6) is 0 Å². The molecule has 7 nitrogen and oxygen atoms in total. The summed E-state index contributed by atoms with van der Waals surface area (Å²) < 4.78 is 1.70. The topological polar surface area (TPSA) is 93.2 Å². The number of benzene rings is 1. The first-order chi connectivity index (χ1) is 10.2. The monoisotopic (exact) mass is 290 g/mol. The molecule has 0 atom stereocenters. The smallest absolute Gasteiger partial charge is 0.269 e. The van der Waals surface area contributed by atoms with Crippen molar-refractivity contribution < 1.29 is 10.0 Å². The molecule has 0 aliphatic rings. The number of rotatable bonds is 8. The van der Waals surface area contributed by atoms with Crippen LogP contribution in [-0.4, -0.2) is 33.0 Å². The van der Waals surface area contributed by atoms with Crippen molar-refractivity contribution >= 4 is 5.69 Å². The Bertz CT molecular complexity index is 580. The number of hydrogen-bond acceptors (Lipinski definition) is 5. The molecular weight excluding hydrogens is 272 g/mol. The average Bonchev–Trinajstić information content (AvgIpc) is 2.92. The van der Waals surface area contributed by atoms with Gasteiger partial charge in [-0.2, -0.15) is 5.10 Å². The third-order valence-corrected chi connectivity index (χ3v) is 3.08. The summed E-state index contributed by atoms with van der Waals surface area (Å²) >= 11 is 0. The van der Waals surface area contributed by atoms with E-state index in [-0.39, 0.29) is 12.3 Å². The number of nitrogens with zero attached hydrogens (tertiary/aromatic N) is 3. The Labute approximate surface area is 122 Å². The SMILES string of the molecule is O=[N+]([O-])c1ccc(CCNCc2cnn(CCO)c2)cc1. The van der Waals surface area contributed by atoms with Crippen LogP contribution in [0.3, 0.4) is 0 Å². The maximum absolute atomic E-state index is 10.5. The lowest BCUT2D eigenvalue weighted by atomic mass is 10.1. The van der Waals surface area contributed by atoms with Crippen molar-refractivity contribution in [2.45, 2.75) is 19.5 Å². The summed E-state index contributed by atoms with van der Waals surface area (Å²) in [6.07, 6.45) is 4.48. The van der Waals surface area contributed by atoms with Crippen molar-refractivity contribution in [3.63, 3.8) is 0 Å². The Morgan fingerprint density at radius 2 is 2.05 bits per heavy atom. The second-order valence-corrected chi connectivity index (χ2v) is 4.69. The molecule has 2 aromatic rings. The summed E-state index contributed by atoms with van der Waals surface area (Å²) in [6, 6.07) is 6.60. The van der Waals surface area contributed by atoms with E-state index in [0.29, 0.717) is 13.1 Å². The average molecular weight is 290 g/mol. The summed E-state index contributed by atoms with van der Waals surface area (Å²) in [5, 5.41) is 26.8. The Morgan fingerprint density at radius 3 is 2.71 bits per heavy atom. The number of non-ortho nitro benzene ring substituents is 1. The number of hydrogen-bond donors (Lipinski definition) is 2. The van der Waals surface area contributed by atoms with Gasteiger partial charge in [0.05, 0.1) is 24.3 Å². The number of aliphatic hydroxyl groups is 1. The molecule has 21 heavy (non-hydrogen) atoms. The fraction of sp³-hybridized carbons (Fsp3) is 0.357. The van der Waals surface area contributed by atoms with Crippen molar-refractivity contribution in [1.82, 2.24) is 15.1 Å². The van der Waals surface area contributed by atoms with Gasteiger partial charge in [-0.05, 0) is 18.5 Å². The molecule has 0 spiro atoms. The molecule has 0 saturated carbocycles. The second kappa shape index (κ2) is 7.51. The van der Waals surface area contributed by atoms with E-state index < -0.39 is 4.92 Å². The van der Waals surface area contributed by atoms with E-state index in [9.17, 15) is 10.1 Å². The first-order valence-corrected chi connectivity index (χ1v) is 6.75. The highest BCUT2D eigenvalue weighted by molar-refractivity contribution is 5.32. The quantitative estimate of drug-likeness (QED) is 0.431. The van der Waals surface area contributed by atoms with E-state index in [1.165, 1.54) is 12.1 Å². The normalized spacial score (nSPS) is 10.7. The van der Waals surface area contributed by atoms with Crippen LogP contribution < -0.4 is 5.32 Å². The fourth-order valence-corrected chi connectivity index (χ4v) is 1.97. The predicted molar refractivity (Wildman–Crippen MR) is 77.8 cm³/mol. The van der Waals surface area contributed by atoms with Crippen molar-refractivity contribution in [1.29, 1.82) is 0 Å². The zero-order valence-corrected chi connectivity index (χ0v) is 11.6. The summed E-state index contributed by atoms with van der Waals surface area (Å²) in [5.41, 5.74) is 2.24. The Morgan fingerprint density at radius 1 is 1.29 bits per heavy atom. The lowest BCUT2D eigenvalue weighted by Gasteiger charge is -2.03. The molecule has 2 rings (SSSR count). The molecule has 2 N–H and O–H groups in total. The first kappa shape index (κ1) is 15.1. The van der Waals surface area contributed by atoms with Crippen LogP contribution in [0.15, 0.2) is 36.7 Å². The van der Waals surface area contributed by atoms with E-state index in [2.05, 4.69) is 10.4 Å². The number of aliphatic hydroxyl groups excluding tert-OH is 1. The van der Waals surface area contributed by atoms with Crippen LogP contribution in [0.1, 0.15) is 11.1 Å². The van der Waals surface area contributed by atoms with Gasteiger partial charge >= 0.3 is 0 Å². The molecule has 0 aliphatic heterocycles. The highest BCUT2D eigenvalue weighted by Crippen LogP contribution is 2.11. The second-order valence-electron chi connectivity index (χ2n) is 4.69. The van der Waals surface area contributed by atoms with Crippen LogP contribution >= 0.6 is 0 Å². The lowest BCUT2D eigenvalue weighted by molar-refractivity contribution is -0.384. The van der Waals surface area contributed by atoms with Crippen LogP contribution in [0.25, 0.3) is 0 Å². The van der Waals surface area contributed by atoms with Gasteiger partial charge in [0, 0.05) is 30.4 Å². The van der Waals surface area contributed by atoms with Gasteiger partial charge < -0.3 is 10.4 Å². The molecule has 0 fully saturated rings. The zero-order valence-electron chi connectivity index (χ0n) is 11.6. The van der Waals surface area contributed by atoms with Crippen LogP contribution in [0.2, 0.25) is 0 Å². The van der Waals surface area contributed by atoms with Crippen molar-refractivity contribution in [3.05, 3.63) is 57.9 Å². The number of nitrogens with one attached hydrogen (secondary N) is 1. The van der Waals surface area contributed by atoms with E-state index in [4.69, 9.17) is 5.11 Å². The minimum absolute atomic E-state index is 0.0781. The van der Waals surface area contributed by atoms with E-state index in [1.54, 1.807) is 23.0 Å². The third-order valence-electron chi connectivity index (χ3n) is 3.08. The van der Waals surface area contributed by atoms with Gasteiger partial charge in [0.25, 0.3) is 5.69 Å². The maximum Gasteiger partial charge on any atom is 0.269 e. The molecule has 0 radical (unpaired) electrons. The molecule has 1 heterocycles. The molecule has 0 aliphatic carbocycles. The Balaban J connectivity index is 1.72. The minimum atomic E-state index is -0.397. The van der Waals surface area contributed by atoms with Gasteiger partial charge in [-0.3, -0.25) is 14.8 Å². The molecule has 7 heteroatoms. The summed E-state index contributed by atoms with van der Waals surface area (Å²) in [7, 11) is 0. The van der Waals surface area contributed by atoms with E-state index in [0.717, 1.165) is 24.1 Å². The van der Waals surface area contributed by atoms with E-state index >= 15 is 0 Å². The Hall–Kier alpha value is -2.25. The van der Waals surface area contributed by atoms with Gasteiger partial charge in [0.15, 0.2) is 0 Å². The highest BCUT2D eigenvalue weighted by Gasteiger charge is 2.03. The summed E-state index contributed by atoms with van der Waals surface area (Å²) in [5.74, 6) is 0. The standard InChI is InChI=1S/C14H18N4O3/c19-8-7-17-11-13(10-16-17)9-15-6-5-12-1-3-14(4-2-12)18(20)21/h1-4,10-11,15,19H,5-9H2. The van der Waals surface area contributed by atoms with Gasteiger partial charge in [0.2, 0.25) is 0 Å². The number of nitro benzene ring substituents is 1. The molecule has 0 saturated heterocycles. The van der Waals surface area contributed by atoms with E-state index in [1.807, 2.05) is 6.20 Å². The van der Waals surface area contributed by atoms with Crippen LogP contribution in [0.4, 0.5) is 5.69 Å². The van der Waals surface area contributed by atoms with Crippen molar-refractivity contribution in [2.75, 3.05) is 13.2 Å². The van der Waals surface area contributed by atoms with Gasteiger partial charge in [0.1, 0.15) is 0 Å². The third kappa shape index (κ3) is 4.66. The molecule has 112 valence electrons. The van der Waals surface area contributed by atoms with Gasteiger partial charge in [-0.1, -0.05) is 12.1 Å². The van der Waals surface area contributed by atoms with Crippen LogP contribution in [0, 0.1) is 10.1 Å². The fourth-order valence-electron chi connectivity index (χ4n) is 1.97. The molecule has 0 bridgehead atoms. The zero-order chi connectivity index (χ0) is 15.1. The summed E-state index contributed by atoms with van der Waals surface area (Å²) in [6.45, 7) is 2.07. The molecule has 0 unspecified atom stereocenters. The van der Waals surface area contributed by atoms with Gasteiger partial charge in [-0.15, -0.1) is 0 Å². The minimum Gasteiger partial charge on any atom is -0.394 e. The highest BCUT2D eigenvalue weighted by atomic mass is 16.6. The molecule has 0 amide bonds. The van der Waals surface area contributed by atoms with Crippen LogP contribution in [-0.2, 0) is 19.5 Å². The number of nitro groups is 1. The van der Waals surface area contributed by atoms with Crippen molar-refractivity contribution in [3.8, 4) is 0 Å². The number of aromatic nitrogens is 2. The molecular formula is C14H18N4O3. The largest absolute Gasteiger partial charge is 0.394 e. The lowest BCUT2D eigenvalue weighted by Crippen LogP contribution is -2.16. The maximum atomic E-state index is 10.5. The van der Waals surface area contributed by atoms with Gasteiger partial charge in [-0.25, -0.2) is 0 Å². The molecule has 1 aromatic heterocycles.